The van der Waals surface area contributed by atoms with Gasteiger partial charge in [-0.3, -0.25) is 9.59 Å². The van der Waals surface area contributed by atoms with Crippen LogP contribution in [0, 0.1) is 16.7 Å². The van der Waals surface area contributed by atoms with E-state index in [1.165, 1.54) is 18.6 Å². The molecule has 43 heavy (non-hydrogen) atoms. The minimum atomic E-state index is -0.688. The zero-order valence-electron chi connectivity index (χ0n) is 25.7. The average Bonchev–Trinajstić information content (AvgIpc) is 3.59. The summed E-state index contributed by atoms with van der Waals surface area (Å²) in [5.74, 6) is -0.193. The van der Waals surface area contributed by atoms with Crippen molar-refractivity contribution in [2.75, 3.05) is 6.54 Å². The van der Waals surface area contributed by atoms with Crippen LogP contribution in [-0.4, -0.2) is 69.3 Å². The van der Waals surface area contributed by atoms with E-state index in [0.29, 0.717) is 38.1 Å². The second-order valence-corrected chi connectivity index (χ2v) is 13.1. The molecule has 3 fully saturated rings. The van der Waals surface area contributed by atoms with Gasteiger partial charge in [-0.25, -0.2) is 4.79 Å². The molecule has 1 aliphatic heterocycles. The number of nitrogens with zero attached hydrogens (tertiary/aromatic N) is 1. The van der Waals surface area contributed by atoms with Crippen LogP contribution in [0.5, 0.6) is 11.5 Å². The summed E-state index contributed by atoms with van der Waals surface area (Å²) in [6, 6.07) is 12.9. The van der Waals surface area contributed by atoms with Crippen molar-refractivity contribution in [3.8, 4) is 11.5 Å². The van der Waals surface area contributed by atoms with Crippen molar-refractivity contribution in [1.82, 2.24) is 10.2 Å². The third-order valence-corrected chi connectivity index (χ3v) is 10.2. The summed E-state index contributed by atoms with van der Waals surface area (Å²) >= 11 is 0. The fourth-order valence-corrected chi connectivity index (χ4v) is 7.19. The van der Waals surface area contributed by atoms with Crippen LogP contribution in [0.1, 0.15) is 70.9 Å². The van der Waals surface area contributed by atoms with Crippen LogP contribution in [0.4, 0.5) is 0 Å². The number of rotatable bonds is 9. The number of phenols is 2. The van der Waals surface area contributed by atoms with Crippen LogP contribution in [0.3, 0.4) is 0 Å². The lowest BCUT2D eigenvalue weighted by Crippen LogP contribution is -2.52. The largest absolute Gasteiger partial charge is 0.504 e. The van der Waals surface area contributed by atoms with E-state index in [9.17, 15) is 14.4 Å². The quantitative estimate of drug-likeness (QED) is 0.195. The standard InChI is InChI=1S/C25H34N2O4.C9H12O3/c1-24(2)18-11-12-25(24,3)21(15-18)31-23(30)20-10-7-13-27(20)22(29)19(26-16-28)14-17-8-5-4-6-9-17;1-6(10)4-7-2-3-8(11)9(12)5-7/h4-6,8-9,16,18-21H,7,10-15H2,1-3H3,(H,26,28);2-3,5-6,10-12H,4H2,1H3. The number of hydrogen-bond acceptors (Lipinski definition) is 7. The van der Waals surface area contributed by atoms with Gasteiger partial charge < -0.3 is 30.3 Å². The molecule has 5 rings (SSSR count). The van der Waals surface area contributed by atoms with Gasteiger partial charge in [0.15, 0.2) is 11.5 Å². The van der Waals surface area contributed by atoms with Gasteiger partial charge >= 0.3 is 5.97 Å². The number of carbonyl (C=O) groups is 3. The number of benzene rings is 2. The van der Waals surface area contributed by atoms with Crippen molar-refractivity contribution >= 4 is 18.3 Å². The molecule has 4 N–H and O–H groups in total. The first-order valence-electron chi connectivity index (χ1n) is 15.3. The summed E-state index contributed by atoms with van der Waals surface area (Å²) in [7, 11) is 0. The molecule has 2 aromatic rings. The van der Waals surface area contributed by atoms with Crippen LogP contribution in [-0.2, 0) is 32.0 Å². The smallest absolute Gasteiger partial charge is 0.329 e. The minimum absolute atomic E-state index is 0.00428. The van der Waals surface area contributed by atoms with Gasteiger partial charge in [-0.2, -0.15) is 0 Å². The number of carbonyl (C=O) groups excluding carboxylic acids is 3. The predicted octanol–water partition coefficient (Wildman–Crippen LogP) is 4.11. The van der Waals surface area contributed by atoms with E-state index in [-0.39, 0.29) is 40.3 Å². The van der Waals surface area contributed by atoms with Crippen molar-refractivity contribution < 1.29 is 34.4 Å². The summed E-state index contributed by atoms with van der Waals surface area (Å²) in [5.41, 5.74) is 1.93. The van der Waals surface area contributed by atoms with Gasteiger partial charge in [-0.1, -0.05) is 57.2 Å². The lowest BCUT2D eigenvalue weighted by atomic mass is 9.70. The number of amides is 2. The maximum atomic E-state index is 13.3. The number of nitrogens with one attached hydrogen (secondary N) is 1. The van der Waals surface area contributed by atoms with Gasteiger partial charge in [-0.15, -0.1) is 0 Å². The number of likely N-dealkylation sites (tertiary alicyclic amines) is 1. The molecular weight excluding hydrogens is 548 g/mol. The van der Waals surface area contributed by atoms with Crippen molar-refractivity contribution in [3.63, 3.8) is 0 Å². The van der Waals surface area contributed by atoms with Crippen molar-refractivity contribution in [3.05, 3.63) is 59.7 Å². The second kappa shape index (κ2) is 13.4. The molecular formula is C34H46N2O7. The number of hydrogen-bond donors (Lipinski definition) is 4. The molecule has 2 bridgehead atoms. The Morgan fingerprint density at radius 1 is 1.05 bits per heavy atom. The summed E-state index contributed by atoms with van der Waals surface area (Å²) in [5, 5.41) is 29.7. The van der Waals surface area contributed by atoms with Crippen LogP contribution in [0.25, 0.3) is 0 Å². The first kappa shape index (κ1) is 32.3. The molecule has 0 radical (unpaired) electrons. The van der Waals surface area contributed by atoms with E-state index in [1.807, 2.05) is 30.3 Å². The van der Waals surface area contributed by atoms with E-state index in [0.717, 1.165) is 30.4 Å². The van der Waals surface area contributed by atoms with Crippen molar-refractivity contribution in [1.29, 1.82) is 0 Å². The molecule has 0 aromatic heterocycles. The third kappa shape index (κ3) is 6.98. The molecule has 3 aliphatic rings. The lowest BCUT2D eigenvalue weighted by molar-refractivity contribution is -0.165. The molecule has 1 saturated heterocycles. The summed E-state index contributed by atoms with van der Waals surface area (Å²) < 4.78 is 6.08. The summed E-state index contributed by atoms with van der Waals surface area (Å²) in [4.78, 5) is 39.2. The Bertz CT molecular complexity index is 1280. The Kier molecular flexibility index (Phi) is 10.1. The number of phenolic OH excluding ortho intramolecular Hbond substituents is 2. The highest BCUT2D eigenvalue weighted by molar-refractivity contribution is 5.89. The Morgan fingerprint density at radius 2 is 1.77 bits per heavy atom. The van der Waals surface area contributed by atoms with Gasteiger partial charge in [0.2, 0.25) is 12.3 Å². The molecule has 1 heterocycles. The monoisotopic (exact) mass is 594 g/mol. The van der Waals surface area contributed by atoms with Gasteiger partial charge in [-0.05, 0) is 80.0 Å². The number of ether oxygens (including phenoxy) is 1. The highest BCUT2D eigenvalue weighted by Gasteiger charge is 2.63. The van der Waals surface area contributed by atoms with Crippen LogP contribution >= 0.6 is 0 Å². The predicted molar refractivity (Wildman–Crippen MR) is 162 cm³/mol. The first-order chi connectivity index (χ1) is 20.4. The summed E-state index contributed by atoms with van der Waals surface area (Å²) in [6.45, 7) is 9.02. The normalized spacial score (nSPS) is 26.6. The molecule has 9 heteroatoms. The minimum Gasteiger partial charge on any atom is -0.504 e. The Labute approximate surface area is 254 Å². The van der Waals surface area contributed by atoms with Gasteiger partial charge in [0, 0.05) is 18.4 Å². The van der Waals surface area contributed by atoms with E-state index in [2.05, 4.69) is 26.1 Å². The number of esters is 1. The molecule has 2 aromatic carbocycles. The molecule has 9 nitrogen and oxygen atoms in total. The maximum Gasteiger partial charge on any atom is 0.329 e. The fourth-order valence-electron chi connectivity index (χ4n) is 7.19. The topological polar surface area (TPSA) is 136 Å². The van der Waals surface area contributed by atoms with E-state index >= 15 is 0 Å². The highest BCUT2D eigenvalue weighted by Crippen LogP contribution is 2.66. The number of fused-ring (bicyclic) bond motifs is 2. The van der Waals surface area contributed by atoms with E-state index in [1.54, 1.807) is 17.9 Å². The average molecular weight is 595 g/mol. The Balaban J connectivity index is 0.000000296. The molecule has 234 valence electrons. The summed E-state index contributed by atoms with van der Waals surface area (Å²) in [6.07, 6.45) is 5.49. The van der Waals surface area contributed by atoms with Crippen LogP contribution < -0.4 is 5.32 Å². The number of aliphatic hydroxyl groups is 1. The highest BCUT2D eigenvalue weighted by atomic mass is 16.5. The van der Waals surface area contributed by atoms with E-state index in [4.69, 9.17) is 20.1 Å². The second-order valence-electron chi connectivity index (χ2n) is 13.1. The van der Waals surface area contributed by atoms with Gasteiger partial charge in [0.25, 0.3) is 0 Å². The maximum absolute atomic E-state index is 13.3. The molecule has 6 unspecified atom stereocenters. The number of aliphatic hydroxyl groups excluding tert-OH is 1. The number of aromatic hydroxyl groups is 2. The first-order valence-corrected chi connectivity index (χ1v) is 15.3. The zero-order chi connectivity index (χ0) is 31.4. The molecule has 0 spiro atoms. The molecule has 2 saturated carbocycles. The lowest BCUT2D eigenvalue weighted by Gasteiger charge is -2.39. The van der Waals surface area contributed by atoms with Gasteiger partial charge in [0.1, 0.15) is 18.2 Å². The third-order valence-electron chi connectivity index (χ3n) is 10.2. The van der Waals surface area contributed by atoms with Crippen LogP contribution in [0.2, 0.25) is 0 Å². The van der Waals surface area contributed by atoms with E-state index < -0.39 is 18.2 Å². The zero-order valence-corrected chi connectivity index (χ0v) is 25.7. The molecule has 2 amide bonds. The molecule has 2 aliphatic carbocycles. The van der Waals surface area contributed by atoms with Gasteiger partial charge in [0.05, 0.1) is 6.10 Å². The Hall–Kier alpha value is -3.59. The van der Waals surface area contributed by atoms with Crippen molar-refractivity contribution in [2.45, 2.75) is 96.9 Å². The SMILES string of the molecule is CC(O)Cc1ccc(O)c(O)c1.CC1(C)C2CCC1(C)C(OC(=O)C1CCCN1C(=O)C(Cc1ccccc1)NC=O)C2. The Morgan fingerprint density at radius 3 is 2.35 bits per heavy atom. The van der Waals surface area contributed by atoms with Crippen LogP contribution in [0.15, 0.2) is 48.5 Å². The molecule has 6 atom stereocenters. The fraction of sp³-hybridized carbons (Fsp3) is 0.559. The van der Waals surface area contributed by atoms with Crippen molar-refractivity contribution in [2.24, 2.45) is 16.7 Å².